The summed E-state index contributed by atoms with van der Waals surface area (Å²) in [4.78, 5) is 16.4. The van der Waals surface area contributed by atoms with Crippen LogP contribution in [0.15, 0.2) is 0 Å². The predicted octanol–water partition coefficient (Wildman–Crippen LogP) is 0.185. The van der Waals surface area contributed by atoms with E-state index in [9.17, 15) is 4.79 Å². The fourth-order valence-corrected chi connectivity index (χ4v) is 1.16. The maximum Gasteiger partial charge on any atom is 0.340 e. The van der Waals surface area contributed by atoms with Crippen LogP contribution in [0.1, 0.15) is 13.3 Å². The Labute approximate surface area is 66.0 Å². The number of esters is 1. The lowest BCUT2D eigenvalue weighted by atomic mass is 10.0. The van der Waals surface area contributed by atoms with Gasteiger partial charge < -0.3 is 4.74 Å². The van der Waals surface area contributed by atoms with Gasteiger partial charge in [-0.3, -0.25) is 4.84 Å². The summed E-state index contributed by atoms with van der Waals surface area (Å²) < 4.78 is 4.59. The van der Waals surface area contributed by atoms with Crippen LogP contribution < -0.4 is 0 Å². The van der Waals surface area contributed by atoms with Crippen molar-refractivity contribution >= 4 is 5.97 Å². The highest BCUT2D eigenvalue weighted by atomic mass is 16.7. The Bertz CT molecular complexity index is 171. The van der Waals surface area contributed by atoms with E-state index in [4.69, 9.17) is 4.84 Å². The smallest absolute Gasteiger partial charge is 0.340 e. The van der Waals surface area contributed by atoms with Crippen LogP contribution >= 0.6 is 0 Å². The van der Waals surface area contributed by atoms with Gasteiger partial charge in [-0.2, -0.15) is 5.06 Å². The molecule has 0 aliphatic carbocycles. The third-order valence-corrected chi connectivity index (χ3v) is 1.88. The van der Waals surface area contributed by atoms with Crippen LogP contribution in [0, 0.1) is 0 Å². The highest BCUT2D eigenvalue weighted by molar-refractivity contribution is 5.79. The lowest BCUT2D eigenvalue weighted by molar-refractivity contribution is -0.200. The van der Waals surface area contributed by atoms with Gasteiger partial charge >= 0.3 is 5.97 Å². The molecule has 0 aromatic rings. The van der Waals surface area contributed by atoms with Gasteiger partial charge in [0.05, 0.1) is 7.11 Å². The Morgan fingerprint density at radius 1 is 1.73 bits per heavy atom. The zero-order valence-corrected chi connectivity index (χ0v) is 7.09. The summed E-state index contributed by atoms with van der Waals surface area (Å²) in [6.07, 6.45) is 0.691. The molecule has 1 heterocycles. The fraction of sp³-hybridized carbons (Fsp3) is 0.857. The molecule has 0 amide bonds. The fourth-order valence-electron chi connectivity index (χ4n) is 1.16. The summed E-state index contributed by atoms with van der Waals surface area (Å²) in [5.41, 5.74) is -0.760. The van der Waals surface area contributed by atoms with E-state index < -0.39 is 5.60 Å². The molecule has 1 fully saturated rings. The van der Waals surface area contributed by atoms with Crippen molar-refractivity contribution in [3.63, 3.8) is 0 Å². The summed E-state index contributed by atoms with van der Waals surface area (Å²) in [5, 5.41) is 1.65. The van der Waals surface area contributed by atoms with E-state index in [1.165, 1.54) is 7.11 Å². The minimum Gasteiger partial charge on any atom is -0.467 e. The van der Waals surface area contributed by atoms with E-state index in [1.54, 1.807) is 19.0 Å². The van der Waals surface area contributed by atoms with Crippen molar-refractivity contribution in [2.75, 3.05) is 20.7 Å². The lowest BCUT2D eigenvalue weighted by Gasteiger charge is -2.19. The van der Waals surface area contributed by atoms with E-state index in [2.05, 4.69) is 4.74 Å². The molecule has 0 N–H and O–H groups in total. The molecule has 0 radical (unpaired) electrons. The summed E-state index contributed by atoms with van der Waals surface area (Å²) in [6, 6.07) is 0. The molecule has 0 bridgehead atoms. The Kier molecular flexibility index (Phi) is 2.15. The number of rotatable bonds is 1. The standard InChI is InChI=1S/C7H13NO3/c1-7(6(9)10-3)4-5-8(2)11-7/h4-5H2,1-3H3. The van der Waals surface area contributed by atoms with Crippen molar-refractivity contribution in [2.24, 2.45) is 0 Å². The van der Waals surface area contributed by atoms with Crippen molar-refractivity contribution in [1.29, 1.82) is 0 Å². The van der Waals surface area contributed by atoms with Crippen molar-refractivity contribution in [3.8, 4) is 0 Å². The van der Waals surface area contributed by atoms with Crippen molar-refractivity contribution < 1.29 is 14.4 Å². The van der Waals surface area contributed by atoms with Crippen molar-refractivity contribution in [1.82, 2.24) is 5.06 Å². The van der Waals surface area contributed by atoms with Crippen molar-refractivity contribution in [3.05, 3.63) is 0 Å². The monoisotopic (exact) mass is 159 g/mol. The van der Waals surface area contributed by atoms with Crippen LogP contribution in [-0.4, -0.2) is 37.3 Å². The number of hydrogen-bond donors (Lipinski definition) is 0. The van der Waals surface area contributed by atoms with Crippen LogP contribution in [0.25, 0.3) is 0 Å². The zero-order chi connectivity index (χ0) is 8.48. The molecule has 4 nitrogen and oxygen atoms in total. The van der Waals surface area contributed by atoms with Gasteiger partial charge in [-0.1, -0.05) is 0 Å². The number of methoxy groups -OCH3 is 1. The number of ether oxygens (including phenoxy) is 1. The first-order chi connectivity index (χ1) is 5.08. The normalized spacial score (nSPS) is 32.3. The largest absolute Gasteiger partial charge is 0.467 e. The second-order valence-electron chi connectivity index (χ2n) is 2.92. The Morgan fingerprint density at radius 3 is 2.73 bits per heavy atom. The molecule has 0 saturated carbocycles. The van der Waals surface area contributed by atoms with E-state index >= 15 is 0 Å². The van der Waals surface area contributed by atoms with Crippen LogP contribution in [0.2, 0.25) is 0 Å². The summed E-state index contributed by atoms with van der Waals surface area (Å²) in [5.74, 6) is -0.304. The van der Waals surface area contributed by atoms with Crippen LogP contribution in [0.5, 0.6) is 0 Å². The van der Waals surface area contributed by atoms with Crippen LogP contribution in [0.4, 0.5) is 0 Å². The van der Waals surface area contributed by atoms with Crippen LogP contribution in [-0.2, 0) is 14.4 Å². The molecule has 0 spiro atoms. The number of hydrogen-bond acceptors (Lipinski definition) is 4. The Morgan fingerprint density at radius 2 is 2.36 bits per heavy atom. The SMILES string of the molecule is COC(=O)C1(C)CCN(C)O1. The lowest BCUT2D eigenvalue weighted by Crippen LogP contribution is -2.36. The molecule has 4 heteroatoms. The van der Waals surface area contributed by atoms with E-state index in [-0.39, 0.29) is 5.97 Å². The molecule has 0 aromatic carbocycles. The zero-order valence-electron chi connectivity index (χ0n) is 7.09. The maximum absolute atomic E-state index is 11.1. The molecule has 0 aromatic heterocycles. The molecule has 1 rings (SSSR count). The highest BCUT2D eigenvalue weighted by Gasteiger charge is 2.42. The molecule has 1 aliphatic heterocycles. The van der Waals surface area contributed by atoms with E-state index in [0.29, 0.717) is 6.42 Å². The van der Waals surface area contributed by atoms with Gasteiger partial charge in [0.25, 0.3) is 0 Å². The molecule has 1 aliphatic rings. The molecular weight excluding hydrogens is 146 g/mol. The average Bonchev–Trinajstić information content (AvgIpc) is 2.31. The molecule has 1 saturated heterocycles. The third kappa shape index (κ3) is 1.52. The highest BCUT2D eigenvalue weighted by Crippen LogP contribution is 2.24. The van der Waals surface area contributed by atoms with E-state index in [1.807, 2.05) is 0 Å². The molecule has 1 atom stereocenters. The van der Waals surface area contributed by atoms with Gasteiger partial charge in [-0.05, 0) is 6.92 Å². The third-order valence-electron chi connectivity index (χ3n) is 1.88. The van der Waals surface area contributed by atoms with Gasteiger partial charge in [-0.25, -0.2) is 4.79 Å². The number of hydroxylamine groups is 2. The summed E-state index contributed by atoms with van der Waals surface area (Å²) in [7, 11) is 3.17. The van der Waals surface area contributed by atoms with Gasteiger partial charge in [0.1, 0.15) is 0 Å². The first-order valence-corrected chi connectivity index (χ1v) is 3.57. The van der Waals surface area contributed by atoms with Gasteiger partial charge in [0.2, 0.25) is 0 Å². The first kappa shape index (κ1) is 8.49. The Hall–Kier alpha value is -0.610. The number of carbonyl (C=O) groups excluding carboxylic acids is 1. The minimum absolute atomic E-state index is 0.304. The maximum atomic E-state index is 11.1. The summed E-state index contributed by atoms with van der Waals surface area (Å²) >= 11 is 0. The van der Waals surface area contributed by atoms with Gasteiger partial charge in [0, 0.05) is 20.0 Å². The second kappa shape index (κ2) is 2.79. The number of nitrogens with zero attached hydrogens (tertiary/aromatic N) is 1. The second-order valence-corrected chi connectivity index (χ2v) is 2.92. The van der Waals surface area contributed by atoms with Crippen LogP contribution in [0.3, 0.4) is 0 Å². The first-order valence-electron chi connectivity index (χ1n) is 3.57. The molecular formula is C7H13NO3. The quantitative estimate of drug-likeness (QED) is 0.512. The Balaban J connectivity index is 2.61. The molecule has 11 heavy (non-hydrogen) atoms. The van der Waals surface area contributed by atoms with Gasteiger partial charge in [-0.15, -0.1) is 0 Å². The molecule has 1 unspecified atom stereocenters. The van der Waals surface area contributed by atoms with Gasteiger partial charge in [0.15, 0.2) is 5.60 Å². The van der Waals surface area contributed by atoms with E-state index in [0.717, 1.165) is 6.54 Å². The average molecular weight is 159 g/mol. The number of carbonyl (C=O) groups is 1. The predicted molar refractivity (Wildman–Crippen MR) is 38.8 cm³/mol. The minimum atomic E-state index is -0.760. The molecule has 64 valence electrons. The topological polar surface area (TPSA) is 38.8 Å². The summed E-state index contributed by atoms with van der Waals surface area (Å²) in [6.45, 7) is 2.51. The van der Waals surface area contributed by atoms with Crippen molar-refractivity contribution in [2.45, 2.75) is 18.9 Å².